The third kappa shape index (κ3) is 40.0. The molecule has 4 aliphatic carbocycles. The zero-order chi connectivity index (χ0) is 71.3. The molecule has 20 heteroatoms. The van der Waals surface area contributed by atoms with Gasteiger partial charge in [-0.1, -0.05) is 100 Å². The lowest BCUT2D eigenvalue weighted by Crippen LogP contribution is -2.51. The fraction of sp³-hybridized carbons (Fsp3) is 0.610. The average molecular weight is 1350 g/mol. The standard InChI is InChI=1S/C25H34O5.C23H30O5.C16H29N3O3.C13H20O4/c1-19(26)10-8-9-11-22-16-21(18-29-20(2)27)14-15-23(22)17-25(28)30-24-12-6-4-3-5-7-13-24;1-17(24)10-12-20-14-19(16-27-18(2)25)11-13-21(20)15-23(26)28-22-8-6-4-3-5-7-9-22;1-12(2)18-14(15(17)20)11-19(3)16(21)22-13-9-7-5-4-6-8-10-13;1-10(14)9-16-12-7-5-3-4-6-8-13(12)17-11(2)15/h6,12,14-16,24H,3-5,7-11,13,17-18H2,1-2H3;6,8,11,13-14,22H,3-5,7,9-10,12,15-16H2,1-2H3;7,9,12-14,18H,4-6,8,10-11H2,1-3H3,(H2,17,20);6,8,12-13H,3-5,7,9H2,1-2H3/b12-6+;8-6+;9-7+;8-6+. The van der Waals surface area contributed by atoms with Crippen molar-refractivity contribution in [2.24, 2.45) is 5.73 Å². The molecule has 6 rings (SSSR count). The Labute approximate surface area is 577 Å². The fourth-order valence-electron chi connectivity index (χ4n) is 11.2. The third-order valence-electron chi connectivity index (χ3n) is 16.3. The van der Waals surface area contributed by atoms with E-state index >= 15 is 0 Å². The maximum absolute atomic E-state index is 12.6. The van der Waals surface area contributed by atoms with Gasteiger partial charge in [0.15, 0.2) is 5.78 Å². The van der Waals surface area contributed by atoms with E-state index in [1.165, 1.54) is 58.3 Å². The Bertz CT molecular complexity index is 2910. The van der Waals surface area contributed by atoms with E-state index in [1.54, 1.807) is 20.9 Å². The van der Waals surface area contributed by atoms with Gasteiger partial charge in [0.2, 0.25) is 5.91 Å². The minimum absolute atomic E-state index is 0.0161. The minimum atomic E-state index is -0.578. The third-order valence-corrected chi connectivity index (χ3v) is 16.3. The number of hydrogen-bond donors (Lipinski definition) is 2. The Balaban J connectivity index is 0.000000344. The first kappa shape index (κ1) is 83.6. The summed E-state index contributed by atoms with van der Waals surface area (Å²) in [6, 6.07) is 11.0. The Morgan fingerprint density at radius 2 is 0.959 bits per heavy atom. The maximum atomic E-state index is 12.6. The molecule has 3 N–H and O–H groups in total. The van der Waals surface area contributed by atoms with Crippen LogP contribution < -0.4 is 11.1 Å². The fourth-order valence-corrected chi connectivity index (χ4v) is 11.2. The summed E-state index contributed by atoms with van der Waals surface area (Å²) in [5.41, 5.74) is 10.9. The van der Waals surface area contributed by atoms with Gasteiger partial charge in [-0.15, -0.1) is 0 Å². The number of nitrogens with two attached hydrogens (primary N) is 1. The Kier molecular flexibility index (Phi) is 42.3. The molecule has 0 heterocycles. The Morgan fingerprint density at radius 1 is 0.505 bits per heavy atom. The molecule has 20 nitrogen and oxygen atoms in total. The molecule has 2 amide bonds. The quantitative estimate of drug-likeness (QED) is 0.0347. The van der Waals surface area contributed by atoms with Crippen LogP contribution in [0.25, 0.3) is 0 Å². The van der Waals surface area contributed by atoms with Crippen molar-refractivity contribution in [2.75, 3.05) is 20.2 Å². The number of aryl methyl sites for hydroxylation is 2. The number of benzene rings is 2. The van der Waals surface area contributed by atoms with Crippen LogP contribution in [0.5, 0.6) is 0 Å². The number of carbonyl (C=O) groups is 10. The summed E-state index contributed by atoms with van der Waals surface area (Å²) in [4.78, 5) is 117. The number of ether oxygens (including phenoxy) is 7. The molecule has 0 radical (unpaired) electrons. The monoisotopic (exact) mass is 1350 g/mol. The van der Waals surface area contributed by atoms with Gasteiger partial charge in [-0.2, -0.15) is 0 Å². The highest BCUT2D eigenvalue weighted by Gasteiger charge is 2.26. The Morgan fingerprint density at radius 3 is 1.40 bits per heavy atom. The molecule has 6 atom stereocenters. The summed E-state index contributed by atoms with van der Waals surface area (Å²) in [6.45, 7) is 13.3. The first-order chi connectivity index (χ1) is 46.4. The van der Waals surface area contributed by atoms with E-state index < -0.39 is 18.0 Å². The summed E-state index contributed by atoms with van der Waals surface area (Å²) >= 11 is 0. The second kappa shape index (κ2) is 49.0. The first-order valence-electron chi connectivity index (χ1n) is 35.1. The van der Waals surface area contributed by atoms with E-state index in [-0.39, 0.29) is 123 Å². The van der Waals surface area contributed by atoms with E-state index in [2.05, 4.69) is 23.5 Å². The molecule has 0 saturated heterocycles. The molecule has 0 bridgehead atoms. The Hall–Kier alpha value is -7.58. The summed E-state index contributed by atoms with van der Waals surface area (Å²) in [5, 5.41) is 3.05. The number of esters is 5. The number of rotatable bonds is 28. The number of allylic oxidation sites excluding steroid dienone is 4. The number of amides is 2. The highest BCUT2D eigenvalue weighted by Crippen LogP contribution is 2.24. The summed E-state index contributed by atoms with van der Waals surface area (Å²) in [5.74, 6) is -1.67. The second-order valence-electron chi connectivity index (χ2n) is 25.9. The lowest BCUT2D eigenvalue weighted by Gasteiger charge is -2.26. The van der Waals surface area contributed by atoms with E-state index in [0.717, 1.165) is 149 Å². The van der Waals surface area contributed by atoms with Gasteiger partial charge in [0, 0.05) is 53.2 Å². The minimum Gasteiger partial charge on any atom is -0.461 e. The smallest absolute Gasteiger partial charge is 0.410 e. The lowest BCUT2D eigenvalue weighted by molar-refractivity contribution is -0.152. The molecule has 6 unspecified atom stereocenters. The van der Waals surface area contributed by atoms with Gasteiger partial charge in [-0.3, -0.25) is 33.6 Å². The van der Waals surface area contributed by atoms with Gasteiger partial charge >= 0.3 is 35.9 Å². The maximum Gasteiger partial charge on any atom is 0.410 e. The lowest BCUT2D eigenvalue weighted by atomic mass is 9.96. The van der Waals surface area contributed by atoms with Crippen molar-refractivity contribution in [3.8, 4) is 0 Å². The number of primary amides is 1. The molecule has 2 aromatic carbocycles. The van der Waals surface area contributed by atoms with Crippen molar-refractivity contribution in [3.05, 3.63) is 118 Å². The van der Waals surface area contributed by atoms with Crippen molar-refractivity contribution in [3.63, 3.8) is 0 Å². The number of likely N-dealkylation sites (N-methyl/N-ethyl adjacent to an activating group) is 1. The zero-order valence-electron chi connectivity index (χ0n) is 59.5. The second-order valence-corrected chi connectivity index (χ2v) is 25.9. The van der Waals surface area contributed by atoms with Gasteiger partial charge in [0.05, 0.1) is 18.9 Å². The molecular formula is C77H113N3O17. The van der Waals surface area contributed by atoms with Gasteiger partial charge in [-0.05, 0) is 200 Å². The molecule has 4 aliphatic rings. The van der Waals surface area contributed by atoms with Gasteiger partial charge in [0.1, 0.15) is 61.8 Å². The van der Waals surface area contributed by atoms with Crippen molar-refractivity contribution < 1.29 is 81.1 Å². The molecule has 97 heavy (non-hydrogen) atoms. The summed E-state index contributed by atoms with van der Waals surface area (Å²) in [7, 11) is 1.62. The van der Waals surface area contributed by atoms with E-state index in [1.807, 2.05) is 80.6 Å². The average Bonchev–Trinajstić information content (AvgIpc) is 0.878. The number of carbonyl (C=O) groups excluding carboxylic acids is 10. The van der Waals surface area contributed by atoms with Gasteiger partial charge < -0.3 is 58.7 Å². The number of hydrogen-bond acceptors (Lipinski definition) is 18. The topological polar surface area (TPSA) is 277 Å². The van der Waals surface area contributed by atoms with Gasteiger partial charge in [0.25, 0.3) is 0 Å². The molecule has 0 aliphatic heterocycles. The van der Waals surface area contributed by atoms with E-state index in [0.29, 0.717) is 19.3 Å². The summed E-state index contributed by atoms with van der Waals surface area (Å²) in [6.07, 6.45) is 38.9. The van der Waals surface area contributed by atoms with Crippen molar-refractivity contribution in [1.29, 1.82) is 0 Å². The van der Waals surface area contributed by atoms with Crippen LogP contribution in [0, 0.1) is 0 Å². The normalized spacial score (nSPS) is 20.1. The van der Waals surface area contributed by atoms with Crippen molar-refractivity contribution in [2.45, 2.75) is 285 Å². The van der Waals surface area contributed by atoms with E-state index in [4.69, 9.17) is 38.9 Å². The summed E-state index contributed by atoms with van der Waals surface area (Å²) < 4.78 is 37.7. The molecule has 538 valence electrons. The molecule has 0 spiro atoms. The first-order valence-corrected chi connectivity index (χ1v) is 35.1. The van der Waals surface area contributed by atoms with Crippen molar-refractivity contribution >= 4 is 59.2 Å². The van der Waals surface area contributed by atoms with Crippen LogP contribution in [-0.2, 0) is 115 Å². The molecule has 2 aromatic rings. The van der Waals surface area contributed by atoms with Crippen LogP contribution in [0.3, 0.4) is 0 Å². The highest BCUT2D eigenvalue weighted by atomic mass is 16.6. The largest absolute Gasteiger partial charge is 0.461 e. The number of Topliss-reactive ketones (excluding diaryl/α,β-unsaturated/α-hetero) is 3. The number of ketones is 3. The number of unbranched alkanes of at least 4 members (excludes halogenated alkanes) is 1. The van der Waals surface area contributed by atoms with Crippen LogP contribution in [0.4, 0.5) is 4.79 Å². The predicted octanol–water partition coefficient (Wildman–Crippen LogP) is 13.1. The molecule has 0 aromatic heterocycles. The highest BCUT2D eigenvalue weighted by molar-refractivity contribution is 5.81. The van der Waals surface area contributed by atoms with Gasteiger partial charge in [-0.25, -0.2) is 4.79 Å². The van der Waals surface area contributed by atoms with Crippen LogP contribution in [-0.4, -0.2) is 127 Å². The SMILES string of the molecule is CC(=O)CCCCc1cc(COC(C)=O)ccc1CC(=O)OC1/C=C/CCCCC1.CC(=O)CCc1cc(COC(C)=O)ccc1CC(=O)OC1/C=C/CCCCC1.CC(=O)COC1CCCC/C=C/C1OC(C)=O.CC(C)NC(CN(C)C(=O)OC1/C=C/CCCCC1)C(N)=O. The van der Waals surface area contributed by atoms with Crippen LogP contribution in [0.1, 0.15) is 236 Å². The van der Waals surface area contributed by atoms with Crippen LogP contribution in [0.2, 0.25) is 0 Å². The molecule has 0 saturated carbocycles. The van der Waals surface area contributed by atoms with Crippen molar-refractivity contribution in [1.82, 2.24) is 10.2 Å². The number of nitrogens with one attached hydrogen (secondary N) is 1. The van der Waals surface area contributed by atoms with Crippen LogP contribution >= 0.6 is 0 Å². The zero-order valence-corrected chi connectivity index (χ0v) is 59.5. The van der Waals surface area contributed by atoms with Crippen LogP contribution in [0.15, 0.2) is 85.0 Å². The van der Waals surface area contributed by atoms with E-state index in [9.17, 15) is 47.9 Å². The molecule has 0 fully saturated rings. The number of nitrogens with zero attached hydrogens (tertiary/aromatic N) is 1. The predicted molar refractivity (Wildman–Crippen MR) is 373 cm³/mol. The molecular weight excluding hydrogens is 1240 g/mol.